The van der Waals surface area contributed by atoms with Crippen LogP contribution in [-0.4, -0.2) is 49.5 Å². The predicted octanol–water partition coefficient (Wildman–Crippen LogP) is 1.77. The molecule has 1 aromatic carbocycles. The molecule has 5 heteroatoms. The Morgan fingerprint density at radius 2 is 2.05 bits per heavy atom. The van der Waals surface area contributed by atoms with Crippen molar-refractivity contribution < 1.29 is 14.6 Å². The molecule has 1 atom stereocenters. The number of nitrogens with zero attached hydrogens (tertiary/aromatic N) is 1. The lowest BCUT2D eigenvalue weighted by Crippen LogP contribution is -2.30. The lowest BCUT2D eigenvalue weighted by molar-refractivity contribution is 0.170. The molecule has 1 heterocycles. The molecule has 1 aliphatic heterocycles. The second-order valence-electron chi connectivity index (χ2n) is 5.76. The summed E-state index contributed by atoms with van der Waals surface area (Å²) in [6, 6.07) is 6.15. The molecule has 2 rings (SSSR count). The Morgan fingerprint density at radius 3 is 2.81 bits per heavy atom. The van der Waals surface area contributed by atoms with Crippen molar-refractivity contribution in [1.82, 2.24) is 10.2 Å². The van der Waals surface area contributed by atoms with Crippen LogP contribution in [-0.2, 0) is 0 Å². The predicted molar refractivity (Wildman–Crippen MR) is 82.8 cm³/mol. The van der Waals surface area contributed by atoms with Gasteiger partial charge in [-0.15, -0.1) is 0 Å². The molecule has 0 aliphatic carbocycles. The van der Waals surface area contributed by atoms with Crippen LogP contribution in [0.25, 0.3) is 0 Å². The maximum absolute atomic E-state index is 10.2. The molecule has 1 unspecified atom stereocenters. The highest BCUT2D eigenvalue weighted by molar-refractivity contribution is 5.45. The summed E-state index contributed by atoms with van der Waals surface area (Å²) in [5, 5.41) is 13.5. The third kappa shape index (κ3) is 4.59. The molecule has 118 valence electrons. The van der Waals surface area contributed by atoms with Crippen molar-refractivity contribution in [2.24, 2.45) is 0 Å². The van der Waals surface area contributed by atoms with Gasteiger partial charge in [-0.25, -0.2) is 0 Å². The smallest absolute Gasteiger partial charge is 0.231 e. The van der Waals surface area contributed by atoms with Crippen molar-refractivity contribution in [2.75, 3.05) is 33.5 Å². The summed E-state index contributed by atoms with van der Waals surface area (Å²) in [5.41, 5.74) is 0.853. The van der Waals surface area contributed by atoms with Gasteiger partial charge in [0, 0.05) is 12.6 Å². The summed E-state index contributed by atoms with van der Waals surface area (Å²) in [6.07, 6.45) is 0.546. The molecule has 1 aromatic rings. The zero-order chi connectivity index (χ0) is 15.2. The van der Waals surface area contributed by atoms with E-state index in [0.29, 0.717) is 18.3 Å². The molecular formula is C16H26N2O3. The van der Waals surface area contributed by atoms with E-state index in [4.69, 9.17) is 9.47 Å². The molecule has 0 radical (unpaired) electrons. The molecule has 0 amide bonds. The standard InChI is InChI=1S/C16H26N2O3/c1-12(2)18(3)8-4-7-17-10-14(19)13-5-6-15-16(9-13)21-11-20-15/h5-6,9,12,14,17,19H,4,7-8,10-11H2,1-3H3. The Hall–Kier alpha value is -1.30. The van der Waals surface area contributed by atoms with E-state index >= 15 is 0 Å². The molecule has 1 aliphatic rings. The lowest BCUT2D eigenvalue weighted by Gasteiger charge is -2.21. The fourth-order valence-electron chi connectivity index (χ4n) is 2.19. The lowest BCUT2D eigenvalue weighted by atomic mass is 10.1. The molecule has 21 heavy (non-hydrogen) atoms. The number of hydrogen-bond donors (Lipinski definition) is 2. The number of hydrogen-bond acceptors (Lipinski definition) is 5. The highest BCUT2D eigenvalue weighted by atomic mass is 16.7. The van der Waals surface area contributed by atoms with E-state index in [0.717, 1.165) is 30.8 Å². The second kappa shape index (κ2) is 7.64. The van der Waals surface area contributed by atoms with Crippen LogP contribution in [0.1, 0.15) is 31.9 Å². The van der Waals surface area contributed by atoms with E-state index in [1.807, 2.05) is 18.2 Å². The van der Waals surface area contributed by atoms with Gasteiger partial charge in [-0.3, -0.25) is 0 Å². The van der Waals surface area contributed by atoms with E-state index in [2.05, 4.69) is 31.1 Å². The van der Waals surface area contributed by atoms with Gasteiger partial charge >= 0.3 is 0 Å². The van der Waals surface area contributed by atoms with Gasteiger partial charge in [0.2, 0.25) is 6.79 Å². The second-order valence-corrected chi connectivity index (χ2v) is 5.76. The van der Waals surface area contributed by atoms with Gasteiger partial charge < -0.3 is 24.8 Å². The van der Waals surface area contributed by atoms with Crippen molar-refractivity contribution in [3.63, 3.8) is 0 Å². The van der Waals surface area contributed by atoms with Gasteiger partial charge in [-0.1, -0.05) is 6.07 Å². The maximum atomic E-state index is 10.2. The minimum Gasteiger partial charge on any atom is -0.454 e. The summed E-state index contributed by atoms with van der Waals surface area (Å²) >= 11 is 0. The average molecular weight is 294 g/mol. The van der Waals surface area contributed by atoms with Gasteiger partial charge in [0.25, 0.3) is 0 Å². The first-order valence-corrected chi connectivity index (χ1v) is 7.56. The number of aliphatic hydroxyl groups is 1. The minimum absolute atomic E-state index is 0.260. The van der Waals surface area contributed by atoms with E-state index in [9.17, 15) is 5.11 Å². The molecule has 0 fully saturated rings. The first-order chi connectivity index (χ1) is 10.1. The van der Waals surface area contributed by atoms with Gasteiger partial charge in [0.05, 0.1) is 6.10 Å². The molecular weight excluding hydrogens is 268 g/mol. The van der Waals surface area contributed by atoms with Gasteiger partial charge in [-0.05, 0) is 58.1 Å². The Balaban J connectivity index is 1.69. The summed E-state index contributed by atoms with van der Waals surface area (Å²) in [5.74, 6) is 1.46. The quantitative estimate of drug-likeness (QED) is 0.716. The van der Waals surface area contributed by atoms with E-state index in [1.54, 1.807) is 0 Å². The molecule has 0 aromatic heterocycles. The van der Waals surface area contributed by atoms with Crippen molar-refractivity contribution in [3.05, 3.63) is 23.8 Å². The highest BCUT2D eigenvalue weighted by Gasteiger charge is 2.16. The summed E-state index contributed by atoms with van der Waals surface area (Å²) in [6.45, 7) is 7.15. The molecule has 0 bridgehead atoms. The van der Waals surface area contributed by atoms with Crippen LogP contribution >= 0.6 is 0 Å². The summed E-state index contributed by atoms with van der Waals surface area (Å²) in [7, 11) is 2.13. The Kier molecular flexibility index (Phi) is 5.85. The third-order valence-electron chi connectivity index (χ3n) is 3.87. The number of aliphatic hydroxyl groups excluding tert-OH is 1. The van der Waals surface area contributed by atoms with Crippen LogP contribution in [0.2, 0.25) is 0 Å². The number of benzene rings is 1. The molecule has 0 saturated heterocycles. The van der Waals surface area contributed by atoms with Crippen LogP contribution in [0.3, 0.4) is 0 Å². The molecule has 0 saturated carbocycles. The Labute approximate surface area is 126 Å². The topological polar surface area (TPSA) is 54.0 Å². The van der Waals surface area contributed by atoms with Crippen LogP contribution in [0, 0.1) is 0 Å². The molecule has 5 nitrogen and oxygen atoms in total. The first-order valence-electron chi connectivity index (χ1n) is 7.56. The van der Waals surface area contributed by atoms with Crippen molar-refractivity contribution >= 4 is 0 Å². The normalized spacial score (nSPS) is 15.0. The SMILES string of the molecule is CC(C)N(C)CCCNCC(O)c1ccc2c(c1)OCO2. The average Bonchev–Trinajstić information content (AvgIpc) is 2.93. The number of fused-ring (bicyclic) bond motifs is 1. The fraction of sp³-hybridized carbons (Fsp3) is 0.625. The Bertz CT molecular complexity index is 451. The molecule has 2 N–H and O–H groups in total. The zero-order valence-electron chi connectivity index (χ0n) is 13.1. The number of ether oxygens (including phenoxy) is 2. The maximum Gasteiger partial charge on any atom is 0.231 e. The van der Waals surface area contributed by atoms with Gasteiger partial charge in [0.1, 0.15) is 0 Å². The van der Waals surface area contributed by atoms with Crippen LogP contribution in [0.15, 0.2) is 18.2 Å². The first kappa shape index (κ1) is 16.1. The van der Waals surface area contributed by atoms with Gasteiger partial charge in [-0.2, -0.15) is 0 Å². The Morgan fingerprint density at radius 1 is 1.29 bits per heavy atom. The number of rotatable bonds is 8. The third-order valence-corrected chi connectivity index (χ3v) is 3.87. The van der Waals surface area contributed by atoms with E-state index in [1.165, 1.54) is 0 Å². The number of nitrogens with one attached hydrogen (secondary N) is 1. The molecule has 0 spiro atoms. The van der Waals surface area contributed by atoms with E-state index in [-0.39, 0.29) is 6.79 Å². The van der Waals surface area contributed by atoms with Crippen molar-refractivity contribution in [3.8, 4) is 11.5 Å². The zero-order valence-corrected chi connectivity index (χ0v) is 13.1. The van der Waals surface area contributed by atoms with Crippen molar-refractivity contribution in [1.29, 1.82) is 0 Å². The minimum atomic E-state index is -0.526. The monoisotopic (exact) mass is 294 g/mol. The van der Waals surface area contributed by atoms with Crippen LogP contribution < -0.4 is 14.8 Å². The largest absolute Gasteiger partial charge is 0.454 e. The van der Waals surface area contributed by atoms with E-state index < -0.39 is 6.10 Å². The fourth-order valence-corrected chi connectivity index (χ4v) is 2.19. The van der Waals surface area contributed by atoms with Crippen molar-refractivity contribution in [2.45, 2.75) is 32.4 Å². The highest BCUT2D eigenvalue weighted by Crippen LogP contribution is 2.33. The van der Waals surface area contributed by atoms with Crippen LogP contribution in [0.4, 0.5) is 0 Å². The summed E-state index contributed by atoms with van der Waals surface area (Å²) < 4.78 is 10.6. The van der Waals surface area contributed by atoms with Crippen LogP contribution in [0.5, 0.6) is 11.5 Å². The van der Waals surface area contributed by atoms with Gasteiger partial charge in [0.15, 0.2) is 11.5 Å². The summed E-state index contributed by atoms with van der Waals surface area (Å²) in [4.78, 5) is 2.32.